The molecular formula is C12H16ClN. The topological polar surface area (TPSA) is 23.8 Å². The van der Waals surface area contributed by atoms with Crippen LogP contribution in [0.25, 0.3) is 0 Å². The van der Waals surface area contributed by atoms with E-state index in [-0.39, 0.29) is 5.92 Å². The van der Waals surface area contributed by atoms with E-state index < -0.39 is 0 Å². The zero-order valence-electron chi connectivity index (χ0n) is 8.92. The molecule has 0 amide bonds. The first-order valence-electron chi connectivity index (χ1n) is 4.86. The van der Waals surface area contributed by atoms with E-state index in [2.05, 4.69) is 6.07 Å². The Hall–Kier alpha value is -1.00. The molecule has 0 aliphatic heterocycles. The highest BCUT2D eigenvalue weighted by Crippen LogP contribution is 2.21. The Morgan fingerprint density at radius 1 is 1.43 bits per heavy atom. The van der Waals surface area contributed by atoms with E-state index in [1.807, 2.05) is 45.0 Å². The van der Waals surface area contributed by atoms with Gasteiger partial charge in [0.1, 0.15) is 0 Å². The largest absolute Gasteiger partial charge is 0.198 e. The van der Waals surface area contributed by atoms with Gasteiger partial charge in [-0.05, 0) is 23.6 Å². The maximum absolute atomic E-state index is 8.48. The molecule has 2 heteroatoms. The van der Waals surface area contributed by atoms with Gasteiger partial charge in [-0.25, -0.2) is 0 Å². The summed E-state index contributed by atoms with van der Waals surface area (Å²) in [6, 6.07) is 9.79. The SMILES string of the molecule is CC.CC(CC#N)c1cccc(Cl)c1. The van der Waals surface area contributed by atoms with Crippen LogP contribution >= 0.6 is 11.6 Å². The summed E-state index contributed by atoms with van der Waals surface area (Å²) < 4.78 is 0. The quantitative estimate of drug-likeness (QED) is 0.709. The van der Waals surface area contributed by atoms with Gasteiger partial charge in [-0.15, -0.1) is 0 Å². The summed E-state index contributed by atoms with van der Waals surface area (Å²) in [5.74, 6) is 0.272. The van der Waals surface area contributed by atoms with Crippen LogP contribution in [0.15, 0.2) is 24.3 Å². The zero-order chi connectivity index (χ0) is 11.0. The third kappa shape index (κ3) is 4.30. The van der Waals surface area contributed by atoms with Crippen molar-refractivity contribution in [1.82, 2.24) is 0 Å². The number of hydrogen-bond acceptors (Lipinski definition) is 1. The summed E-state index contributed by atoms with van der Waals surface area (Å²) >= 11 is 5.81. The number of nitriles is 1. The second kappa shape index (κ2) is 7.41. The number of halogens is 1. The molecule has 76 valence electrons. The molecule has 0 radical (unpaired) electrons. The van der Waals surface area contributed by atoms with Crippen molar-refractivity contribution in [3.8, 4) is 6.07 Å². The first-order chi connectivity index (χ1) is 6.74. The summed E-state index contributed by atoms with van der Waals surface area (Å²) in [4.78, 5) is 0. The van der Waals surface area contributed by atoms with Gasteiger partial charge in [0.25, 0.3) is 0 Å². The number of rotatable bonds is 2. The fraction of sp³-hybridized carbons (Fsp3) is 0.417. The van der Waals surface area contributed by atoms with E-state index in [1.54, 1.807) is 0 Å². The van der Waals surface area contributed by atoms with Gasteiger partial charge in [0.05, 0.1) is 6.07 Å². The highest BCUT2D eigenvalue weighted by Gasteiger charge is 2.03. The van der Waals surface area contributed by atoms with Crippen LogP contribution in [-0.4, -0.2) is 0 Å². The molecule has 1 unspecified atom stereocenters. The first kappa shape index (κ1) is 13.0. The molecular weight excluding hydrogens is 194 g/mol. The first-order valence-corrected chi connectivity index (χ1v) is 5.24. The molecule has 0 saturated carbocycles. The van der Waals surface area contributed by atoms with Crippen LogP contribution in [-0.2, 0) is 0 Å². The van der Waals surface area contributed by atoms with Crippen LogP contribution in [0.2, 0.25) is 5.02 Å². The number of hydrogen-bond donors (Lipinski definition) is 0. The third-order valence-electron chi connectivity index (χ3n) is 1.82. The van der Waals surface area contributed by atoms with Crippen molar-refractivity contribution >= 4 is 11.6 Å². The fourth-order valence-corrected chi connectivity index (χ4v) is 1.27. The highest BCUT2D eigenvalue weighted by molar-refractivity contribution is 6.30. The lowest BCUT2D eigenvalue weighted by Gasteiger charge is -2.06. The van der Waals surface area contributed by atoms with Crippen molar-refractivity contribution in [2.75, 3.05) is 0 Å². The van der Waals surface area contributed by atoms with E-state index in [0.29, 0.717) is 6.42 Å². The molecule has 1 rings (SSSR count). The third-order valence-corrected chi connectivity index (χ3v) is 2.05. The van der Waals surface area contributed by atoms with Crippen LogP contribution in [0.4, 0.5) is 0 Å². The Morgan fingerprint density at radius 2 is 2.07 bits per heavy atom. The average molecular weight is 210 g/mol. The van der Waals surface area contributed by atoms with Gasteiger partial charge in [-0.3, -0.25) is 0 Å². The summed E-state index contributed by atoms with van der Waals surface area (Å²) in [5.41, 5.74) is 1.13. The molecule has 1 aromatic rings. The van der Waals surface area contributed by atoms with E-state index in [4.69, 9.17) is 16.9 Å². The molecule has 1 aromatic carbocycles. The smallest absolute Gasteiger partial charge is 0.0628 e. The molecule has 0 saturated heterocycles. The molecule has 1 nitrogen and oxygen atoms in total. The molecule has 0 bridgehead atoms. The average Bonchev–Trinajstić information content (AvgIpc) is 2.21. The van der Waals surface area contributed by atoms with Gasteiger partial charge in [0, 0.05) is 11.4 Å². The minimum absolute atomic E-state index is 0.272. The lowest BCUT2D eigenvalue weighted by Crippen LogP contribution is -1.90. The van der Waals surface area contributed by atoms with Crippen LogP contribution < -0.4 is 0 Å². The van der Waals surface area contributed by atoms with Crippen LogP contribution in [0.3, 0.4) is 0 Å². The second-order valence-corrected chi connectivity index (χ2v) is 3.25. The maximum atomic E-state index is 8.48. The molecule has 0 N–H and O–H groups in total. The lowest BCUT2D eigenvalue weighted by atomic mass is 9.99. The van der Waals surface area contributed by atoms with Gasteiger partial charge in [0.15, 0.2) is 0 Å². The molecule has 1 atom stereocenters. The molecule has 0 fully saturated rings. The van der Waals surface area contributed by atoms with Crippen molar-refractivity contribution in [3.05, 3.63) is 34.9 Å². The van der Waals surface area contributed by atoms with E-state index in [9.17, 15) is 0 Å². The maximum Gasteiger partial charge on any atom is 0.0628 e. The van der Waals surface area contributed by atoms with E-state index in [1.165, 1.54) is 0 Å². The van der Waals surface area contributed by atoms with Crippen LogP contribution in [0.5, 0.6) is 0 Å². The van der Waals surface area contributed by atoms with Crippen molar-refractivity contribution in [2.45, 2.75) is 33.1 Å². The minimum atomic E-state index is 0.272. The number of benzene rings is 1. The second-order valence-electron chi connectivity index (χ2n) is 2.82. The normalized spacial score (nSPS) is 10.8. The molecule has 0 heterocycles. The van der Waals surface area contributed by atoms with Gasteiger partial charge >= 0.3 is 0 Å². The molecule has 0 aliphatic rings. The van der Waals surface area contributed by atoms with Crippen molar-refractivity contribution in [2.24, 2.45) is 0 Å². The van der Waals surface area contributed by atoms with Crippen molar-refractivity contribution < 1.29 is 0 Å². The lowest BCUT2D eigenvalue weighted by molar-refractivity contribution is 0.789. The van der Waals surface area contributed by atoms with Crippen molar-refractivity contribution in [3.63, 3.8) is 0 Å². The van der Waals surface area contributed by atoms with Gasteiger partial charge in [-0.1, -0.05) is 44.5 Å². The standard InChI is InChI=1S/C10H10ClN.C2H6/c1-8(5-6-12)9-3-2-4-10(11)7-9;1-2/h2-4,7-8H,5H2,1H3;1-2H3. The molecule has 14 heavy (non-hydrogen) atoms. The predicted octanol–water partition coefficient (Wildman–Crippen LogP) is 4.38. The Kier molecular flexibility index (Phi) is 6.88. The Balaban J connectivity index is 0.000000791. The summed E-state index contributed by atoms with van der Waals surface area (Å²) in [7, 11) is 0. The zero-order valence-corrected chi connectivity index (χ0v) is 9.67. The Labute approximate surface area is 91.3 Å². The molecule has 0 aromatic heterocycles. The van der Waals surface area contributed by atoms with Crippen LogP contribution in [0.1, 0.15) is 38.7 Å². The minimum Gasteiger partial charge on any atom is -0.198 e. The van der Waals surface area contributed by atoms with E-state index >= 15 is 0 Å². The van der Waals surface area contributed by atoms with Gasteiger partial charge < -0.3 is 0 Å². The predicted molar refractivity (Wildman–Crippen MR) is 61.4 cm³/mol. The van der Waals surface area contributed by atoms with Gasteiger partial charge in [-0.2, -0.15) is 5.26 Å². The molecule has 0 aliphatic carbocycles. The number of nitrogens with zero attached hydrogens (tertiary/aromatic N) is 1. The summed E-state index contributed by atoms with van der Waals surface area (Å²) in [6.45, 7) is 6.02. The Morgan fingerprint density at radius 3 is 2.57 bits per heavy atom. The van der Waals surface area contributed by atoms with Crippen molar-refractivity contribution in [1.29, 1.82) is 5.26 Å². The Bertz CT molecular complexity index is 301. The monoisotopic (exact) mass is 209 g/mol. The fourth-order valence-electron chi connectivity index (χ4n) is 1.07. The molecule has 0 spiro atoms. The van der Waals surface area contributed by atoms with Gasteiger partial charge in [0.2, 0.25) is 0 Å². The van der Waals surface area contributed by atoms with E-state index in [0.717, 1.165) is 10.6 Å². The summed E-state index contributed by atoms with van der Waals surface area (Å²) in [6.07, 6.45) is 0.542. The highest BCUT2D eigenvalue weighted by atomic mass is 35.5. The van der Waals surface area contributed by atoms with Crippen LogP contribution in [0, 0.1) is 11.3 Å². The summed E-state index contributed by atoms with van der Waals surface area (Å²) in [5, 5.41) is 9.22.